The van der Waals surface area contributed by atoms with Crippen LogP contribution in [0.5, 0.6) is 0 Å². The van der Waals surface area contributed by atoms with Gasteiger partial charge in [0.1, 0.15) is 5.76 Å². The van der Waals surface area contributed by atoms with Crippen LogP contribution in [0.25, 0.3) is 0 Å². The quantitative estimate of drug-likeness (QED) is 0.841. The SMILES string of the molecule is CNC(CC12CC3CC(CC(C3)C1)C2)C1=CCCCO1. The minimum Gasteiger partial charge on any atom is -0.497 e. The maximum Gasteiger partial charge on any atom is 0.109 e. The molecule has 0 aromatic rings. The molecule has 20 heavy (non-hydrogen) atoms. The van der Waals surface area contributed by atoms with E-state index in [1.165, 1.54) is 44.3 Å². The fraction of sp³-hybridized carbons (Fsp3) is 0.889. The van der Waals surface area contributed by atoms with Crippen molar-refractivity contribution in [3.05, 3.63) is 11.8 Å². The van der Waals surface area contributed by atoms with Gasteiger partial charge in [0.15, 0.2) is 0 Å². The van der Waals surface area contributed by atoms with Gasteiger partial charge in [-0.05, 0) is 94.1 Å². The van der Waals surface area contributed by atoms with Gasteiger partial charge in [0, 0.05) is 0 Å². The van der Waals surface area contributed by atoms with Gasteiger partial charge < -0.3 is 10.1 Å². The molecule has 112 valence electrons. The summed E-state index contributed by atoms with van der Waals surface area (Å²) in [5, 5.41) is 3.55. The van der Waals surface area contributed by atoms with Crippen molar-refractivity contribution in [1.82, 2.24) is 5.32 Å². The molecule has 4 saturated carbocycles. The van der Waals surface area contributed by atoms with Crippen molar-refractivity contribution in [3.63, 3.8) is 0 Å². The summed E-state index contributed by atoms with van der Waals surface area (Å²) in [6, 6.07) is 0.464. The van der Waals surface area contributed by atoms with Crippen LogP contribution in [0.1, 0.15) is 57.8 Å². The molecule has 5 rings (SSSR count). The first-order valence-corrected chi connectivity index (χ1v) is 8.76. The number of likely N-dealkylation sites (N-methyl/N-ethyl adjacent to an activating group) is 1. The number of hydrogen-bond donors (Lipinski definition) is 1. The van der Waals surface area contributed by atoms with Crippen molar-refractivity contribution in [2.45, 2.75) is 63.8 Å². The van der Waals surface area contributed by atoms with Crippen molar-refractivity contribution in [2.75, 3.05) is 13.7 Å². The van der Waals surface area contributed by atoms with Gasteiger partial charge in [0.25, 0.3) is 0 Å². The van der Waals surface area contributed by atoms with Gasteiger partial charge in [0.2, 0.25) is 0 Å². The fourth-order valence-corrected chi connectivity index (χ4v) is 6.14. The van der Waals surface area contributed by atoms with Gasteiger partial charge in [-0.15, -0.1) is 0 Å². The second-order valence-corrected chi connectivity index (χ2v) is 8.06. The second-order valence-electron chi connectivity index (χ2n) is 8.06. The van der Waals surface area contributed by atoms with Gasteiger partial charge in [-0.25, -0.2) is 0 Å². The Morgan fingerprint density at radius 3 is 2.35 bits per heavy atom. The zero-order chi connectivity index (χ0) is 13.6. The number of ether oxygens (including phenoxy) is 1. The zero-order valence-electron chi connectivity index (χ0n) is 12.9. The summed E-state index contributed by atoms with van der Waals surface area (Å²) >= 11 is 0. The smallest absolute Gasteiger partial charge is 0.109 e. The molecule has 1 atom stereocenters. The summed E-state index contributed by atoms with van der Waals surface area (Å²) in [6.07, 6.45) is 15.2. The normalized spacial score (nSPS) is 44.0. The second kappa shape index (κ2) is 5.05. The summed E-state index contributed by atoms with van der Waals surface area (Å²) in [4.78, 5) is 0. The van der Waals surface area contributed by atoms with E-state index in [0.717, 1.165) is 24.4 Å². The Hall–Kier alpha value is -0.500. The summed E-state index contributed by atoms with van der Waals surface area (Å²) in [7, 11) is 2.12. The lowest BCUT2D eigenvalue weighted by atomic mass is 9.48. The van der Waals surface area contributed by atoms with Crippen LogP contribution in [0.15, 0.2) is 11.8 Å². The molecule has 1 aliphatic heterocycles. The summed E-state index contributed by atoms with van der Waals surface area (Å²) in [6.45, 7) is 0.922. The Morgan fingerprint density at radius 1 is 1.20 bits per heavy atom. The molecule has 0 spiro atoms. The molecule has 0 aromatic heterocycles. The Kier molecular flexibility index (Phi) is 3.33. The topological polar surface area (TPSA) is 21.3 Å². The minimum absolute atomic E-state index is 0.464. The minimum atomic E-state index is 0.464. The molecule has 4 aliphatic carbocycles. The van der Waals surface area contributed by atoms with Crippen LogP contribution in [0, 0.1) is 23.2 Å². The Bertz CT molecular complexity index is 365. The lowest BCUT2D eigenvalue weighted by molar-refractivity contribution is -0.0625. The van der Waals surface area contributed by atoms with Crippen LogP contribution in [-0.2, 0) is 4.74 Å². The molecule has 2 heteroatoms. The number of nitrogens with one attached hydrogen (secondary N) is 1. The highest BCUT2D eigenvalue weighted by Gasteiger charge is 2.51. The average Bonchev–Trinajstić information content (AvgIpc) is 2.44. The molecular formula is C18H29NO. The molecule has 0 saturated heterocycles. The first-order chi connectivity index (χ1) is 9.76. The lowest BCUT2D eigenvalue weighted by Crippen LogP contribution is -2.49. The number of allylic oxidation sites excluding steroid dienone is 1. The van der Waals surface area contributed by atoms with Crippen molar-refractivity contribution < 1.29 is 4.74 Å². The first-order valence-electron chi connectivity index (χ1n) is 8.76. The zero-order valence-corrected chi connectivity index (χ0v) is 12.9. The maximum atomic E-state index is 5.94. The van der Waals surface area contributed by atoms with Crippen LogP contribution in [0.2, 0.25) is 0 Å². The van der Waals surface area contributed by atoms with Crippen molar-refractivity contribution in [2.24, 2.45) is 23.2 Å². The van der Waals surface area contributed by atoms with E-state index in [0.29, 0.717) is 11.5 Å². The van der Waals surface area contributed by atoms with E-state index in [1.54, 1.807) is 19.3 Å². The van der Waals surface area contributed by atoms with Crippen molar-refractivity contribution in [1.29, 1.82) is 0 Å². The molecule has 0 aromatic carbocycles. The third kappa shape index (κ3) is 2.30. The lowest BCUT2D eigenvalue weighted by Gasteiger charge is -2.57. The van der Waals surface area contributed by atoms with Crippen molar-refractivity contribution in [3.8, 4) is 0 Å². The fourth-order valence-electron chi connectivity index (χ4n) is 6.14. The summed E-state index contributed by atoms with van der Waals surface area (Å²) in [5.41, 5.74) is 0.643. The van der Waals surface area contributed by atoms with E-state index in [-0.39, 0.29) is 0 Å². The number of hydrogen-bond acceptors (Lipinski definition) is 2. The molecule has 1 unspecified atom stereocenters. The Labute approximate surface area is 123 Å². The van der Waals surface area contributed by atoms with E-state index in [9.17, 15) is 0 Å². The molecule has 1 heterocycles. The summed E-state index contributed by atoms with van der Waals surface area (Å²) < 4.78 is 5.94. The summed E-state index contributed by atoms with van der Waals surface area (Å²) in [5.74, 6) is 4.41. The van der Waals surface area contributed by atoms with E-state index >= 15 is 0 Å². The van der Waals surface area contributed by atoms with Crippen LogP contribution in [0.4, 0.5) is 0 Å². The Balaban J connectivity index is 1.50. The third-order valence-corrected chi connectivity index (χ3v) is 6.46. The predicted octanol–water partition coefficient (Wildman–Crippen LogP) is 3.88. The first kappa shape index (κ1) is 13.2. The molecule has 4 fully saturated rings. The van der Waals surface area contributed by atoms with E-state index in [2.05, 4.69) is 18.4 Å². The maximum absolute atomic E-state index is 5.94. The molecule has 2 nitrogen and oxygen atoms in total. The van der Waals surface area contributed by atoms with E-state index in [1.807, 2.05) is 0 Å². The average molecular weight is 275 g/mol. The molecule has 0 radical (unpaired) electrons. The molecule has 5 aliphatic rings. The highest BCUT2D eigenvalue weighted by Crippen LogP contribution is 2.61. The molecular weight excluding hydrogens is 246 g/mol. The van der Waals surface area contributed by atoms with Crippen LogP contribution in [-0.4, -0.2) is 19.7 Å². The largest absolute Gasteiger partial charge is 0.497 e. The molecule has 4 bridgehead atoms. The van der Waals surface area contributed by atoms with Crippen LogP contribution in [0.3, 0.4) is 0 Å². The Morgan fingerprint density at radius 2 is 1.85 bits per heavy atom. The highest BCUT2D eigenvalue weighted by molar-refractivity contribution is 5.10. The van der Waals surface area contributed by atoms with Gasteiger partial charge in [-0.2, -0.15) is 0 Å². The highest BCUT2D eigenvalue weighted by atomic mass is 16.5. The van der Waals surface area contributed by atoms with Gasteiger partial charge in [-0.3, -0.25) is 0 Å². The van der Waals surface area contributed by atoms with Gasteiger partial charge in [-0.1, -0.05) is 0 Å². The van der Waals surface area contributed by atoms with Crippen LogP contribution < -0.4 is 5.32 Å². The van der Waals surface area contributed by atoms with Crippen molar-refractivity contribution >= 4 is 0 Å². The molecule has 1 N–H and O–H groups in total. The van der Waals surface area contributed by atoms with Gasteiger partial charge >= 0.3 is 0 Å². The van der Waals surface area contributed by atoms with E-state index < -0.39 is 0 Å². The van der Waals surface area contributed by atoms with Crippen LogP contribution >= 0.6 is 0 Å². The number of rotatable bonds is 4. The monoisotopic (exact) mass is 275 g/mol. The predicted molar refractivity (Wildman–Crippen MR) is 81.3 cm³/mol. The molecule has 0 amide bonds. The van der Waals surface area contributed by atoms with Gasteiger partial charge in [0.05, 0.1) is 12.6 Å². The van der Waals surface area contributed by atoms with E-state index in [4.69, 9.17) is 4.74 Å². The standard InChI is InChI=1S/C18H29NO/c1-19-16(17-4-2-3-5-20-17)12-18-9-13-6-14(10-18)8-15(7-13)11-18/h4,13-16,19H,2-3,5-12H2,1H3. The third-order valence-electron chi connectivity index (χ3n) is 6.46.